The first-order valence-corrected chi connectivity index (χ1v) is 4.20. The first-order valence-electron chi connectivity index (χ1n) is 3.39. The monoisotopic (exact) mass is 184 g/mol. The van der Waals surface area contributed by atoms with Crippen molar-refractivity contribution in [2.24, 2.45) is 0 Å². The van der Waals surface area contributed by atoms with Crippen LogP contribution in [0.2, 0.25) is 5.02 Å². The van der Waals surface area contributed by atoms with Gasteiger partial charge in [-0.1, -0.05) is 29.8 Å². The fourth-order valence-electron chi connectivity index (χ4n) is 1.23. The minimum atomic E-state index is 0.0299. The molecule has 1 aromatic rings. The average Bonchev–Trinajstić information content (AvgIpc) is 2.32. The van der Waals surface area contributed by atoms with Gasteiger partial charge < -0.3 is 0 Å². The average molecular weight is 185 g/mol. The van der Waals surface area contributed by atoms with Crippen LogP contribution in [0.1, 0.15) is 16.5 Å². The van der Waals surface area contributed by atoms with Crippen LogP contribution in [-0.2, 0) is 0 Å². The number of hydrogen-bond donors (Lipinski definition) is 0. The Kier molecular flexibility index (Phi) is 1.67. The molecule has 0 heterocycles. The molecule has 1 aliphatic rings. The van der Waals surface area contributed by atoms with Gasteiger partial charge in [-0.2, -0.15) is 0 Å². The molecular weight excluding hydrogens is 179 g/mol. The van der Waals surface area contributed by atoms with Crippen molar-refractivity contribution in [3.8, 4) is 0 Å². The van der Waals surface area contributed by atoms with Gasteiger partial charge in [0.15, 0.2) is 0 Å². The van der Waals surface area contributed by atoms with E-state index in [1.807, 2.05) is 30.4 Å². The van der Waals surface area contributed by atoms with E-state index in [9.17, 15) is 0 Å². The summed E-state index contributed by atoms with van der Waals surface area (Å²) in [4.78, 5) is 0. The maximum atomic E-state index is 5.97. The molecule has 1 unspecified atom stereocenters. The first kappa shape index (κ1) is 7.20. The van der Waals surface area contributed by atoms with E-state index >= 15 is 0 Å². The Balaban J connectivity index is 2.58. The van der Waals surface area contributed by atoms with E-state index in [-0.39, 0.29) is 5.38 Å². The van der Waals surface area contributed by atoms with Crippen LogP contribution in [-0.4, -0.2) is 0 Å². The molecule has 0 amide bonds. The van der Waals surface area contributed by atoms with Gasteiger partial charge in [0.25, 0.3) is 0 Å². The Morgan fingerprint density at radius 3 is 2.91 bits per heavy atom. The zero-order valence-corrected chi connectivity index (χ0v) is 7.23. The number of benzene rings is 1. The van der Waals surface area contributed by atoms with Gasteiger partial charge in [-0.3, -0.25) is 0 Å². The van der Waals surface area contributed by atoms with Gasteiger partial charge in [0, 0.05) is 5.02 Å². The fraction of sp³-hybridized carbons (Fsp3) is 0.111. The summed E-state index contributed by atoms with van der Waals surface area (Å²) in [5, 5.41) is 0.793. The number of fused-ring (bicyclic) bond motifs is 1. The Bertz CT molecular complexity index is 315. The van der Waals surface area contributed by atoms with Gasteiger partial charge in [0.1, 0.15) is 0 Å². The molecule has 2 heteroatoms. The van der Waals surface area contributed by atoms with E-state index in [4.69, 9.17) is 23.2 Å². The highest BCUT2D eigenvalue weighted by atomic mass is 35.5. The molecule has 56 valence electrons. The highest BCUT2D eigenvalue weighted by Gasteiger charge is 2.13. The predicted octanol–water partition coefficient (Wildman–Crippen LogP) is 3.65. The number of hydrogen-bond acceptors (Lipinski definition) is 0. The van der Waals surface area contributed by atoms with Crippen molar-refractivity contribution in [3.05, 3.63) is 40.4 Å². The third kappa shape index (κ3) is 1.17. The van der Waals surface area contributed by atoms with Gasteiger partial charge in [-0.15, -0.1) is 11.6 Å². The summed E-state index contributed by atoms with van der Waals surface area (Å²) in [5.41, 5.74) is 2.29. The third-order valence-electron chi connectivity index (χ3n) is 1.79. The predicted molar refractivity (Wildman–Crippen MR) is 49.1 cm³/mol. The molecule has 0 fully saturated rings. The molecule has 0 N–H and O–H groups in total. The number of halogens is 2. The smallest absolute Gasteiger partial charge is 0.0775 e. The molecule has 0 nitrogen and oxygen atoms in total. The second-order valence-corrected chi connectivity index (χ2v) is 3.44. The highest BCUT2D eigenvalue weighted by molar-refractivity contribution is 6.31. The van der Waals surface area contributed by atoms with Gasteiger partial charge in [0.05, 0.1) is 5.38 Å². The zero-order chi connectivity index (χ0) is 7.84. The minimum absolute atomic E-state index is 0.0299. The van der Waals surface area contributed by atoms with E-state index < -0.39 is 0 Å². The zero-order valence-electron chi connectivity index (χ0n) is 5.72. The molecule has 0 saturated heterocycles. The summed E-state index contributed by atoms with van der Waals surface area (Å²) in [7, 11) is 0. The fourth-order valence-corrected chi connectivity index (χ4v) is 1.68. The summed E-state index contributed by atoms with van der Waals surface area (Å²) in [6.45, 7) is 0. The van der Waals surface area contributed by atoms with Crippen LogP contribution in [0.5, 0.6) is 0 Å². The van der Waals surface area contributed by atoms with E-state index in [1.165, 1.54) is 0 Å². The summed E-state index contributed by atoms with van der Waals surface area (Å²) in [6, 6.07) is 5.76. The molecule has 0 bridgehead atoms. The van der Waals surface area contributed by atoms with Gasteiger partial charge >= 0.3 is 0 Å². The van der Waals surface area contributed by atoms with Gasteiger partial charge in [0.2, 0.25) is 0 Å². The molecule has 11 heavy (non-hydrogen) atoms. The lowest BCUT2D eigenvalue weighted by molar-refractivity contribution is 1.25. The van der Waals surface area contributed by atoms with E-state index in [0.717, 1.165) is 16.1 Å². The highest BCUT2D eigenvalue weighted by Crippen LogP contribution is 2.34. The normalized spacial score (nSPS) is 20.4. The molecule has 0 aromatic heterocycles. The lowest BCUT2D eigenvalue weighted by Gasteiger charge is -2.01. The molecule has 0 saturated carbocycles. The second-order valence-electron chi connectivity index (χ2n) is 2.53. The van der Waals surface area contributed by atoms with Crippen molar-refractivity contribution in [1.82, 2.24) is 0 Å². The standard InChI is InChI=1S/C9H6Cl2/c10-7-2-3-8-6(5-7)1-4-9(8)11/h1-5,9H. The van der Waals surface area contributed by atoms with Gasteiger partial charge in [-0.05, 0) is 23.3 Å². The Morgan fingerprint density at radius 2 is 2.09 bits per heavy atom. The molecular formula is C9H6Cl2. The van der Waals surface area contributed by atoms with Crippen LogP contribution in [0, 0.1) is 0 Å². The van der Waals surface area contributed by atoms with Crippen LogP contribution in [0.15, 0.2) is 24.3 Å². The van der Waals surface area contributed by atoms with Crippen molar-refractivity contribution in [1.29, 1.82) is 0 Å². The van der Waals surface area contributed by atoms with Crippen molar-refractivity contribution >= 4 is 29.3 Å². The maximum Gasteiger partial charge on any atom is 0.0775 e. The number of rotatable bonds is 0. The van der Waals surface area contributed by atoms with Gasteiger partial charge in [-0.25, -0.2) is 0 Å². The van der Waals surface area contributed by atoms with E-state index in [0.29, 0.717) is 0 Å². The summed E-state index contributed by atoms with van der Waals surface area (Å²) < 4.78 is 0. The van der Waals surface area contributed by atoms with E-state index in [1.54, 1.807) is 0 Å². The lowest BCUT2D eigenvalue weighted by atomic mass is 10.1. The third-order valence-corrected chi connectivity index (χ3v) is 2.41. The molecule has 1 aromatic carbocycles. The number of alkyl halides is 1. The van der Waals surface area contributed by atoms with Crippen LogP contribution < -0.4 is 0 Å². The van der Waals surface area contributed by atoms with Crippen molar-refractivity contribution in [2.45, 2.75) is 5.38 Å². The largest absolute Gasteiger partial charge is 0.113 e. The molecule has 0 radical (unpaired) electrons. The number of allylic oxidation sites excluding steroid dienone is 1. The summed E-state index contributed by atoms with van der Waals surface area (Å²) in [6.07, 6.45) is 3.96. The summed E-state index contributed by atoms with van der Waals surface area (Å²) in [5.74, 6) is 0. The Hall–Kier alpha value is -0.460. The minimum Gasteiger partial charge on any atom is -0.113 e. The van der Waals surface area contributed by atoms with E-state index in [2.05, 4.69) is 0 Å². The maximum absolute atomic E-state index is 5.97. The quantitative estimate of drug-likeness (QED) is 0.541. The SMILES string of the molecule is Clc1ccc2c(c1)C=CC2Cl. The Labute approximate surface area is 75.4 Å². The van der Waals surface area contributed by atoms with Crippen molar-refractivity contribution in [2.75, 3.05) is 0 Å². The topological polar surface area (TPSA) is 0 Å². The molecule has 0 aliphatic heterocycles. The molecule has 2 rings (SSSR count). The van der Waals surface area contributed by atoms with Crippen LogP contribution >= 0.6 is 23.2 Å². The Morgan fingerprint density at radius 1 is 1.27 bits per heavy atom. The molecule has 1 atom stereocenters. The first-order chi connectivity index (χ1) is 5.27. The van der Waals surface area contributed by atoms with Crippen LogP contribution in [0.4, 0.5) is 0 Å². The van der Waals surface area contributed by atoms with Crippen molar-refractivity contribution < 1.29 is 0 Å². The van der Waals surface area contributed by atoms with Crippen LogP contribution in [0.25, 0.3) is 6.08 Å². The molecule has 0 spiro atoms. The lowest BCUT2D eigenvalue weighted by Crippen LogP contribution is -1.82. The van der Waals surface area contributed by atoms with Crippen molar-refractivity contribution in [3.63, 3.8) is 0 Å². The second kappa shape index (κ2) is 2.54. The molecule has 1 aliphatic carbocycles. The summed E-state index contributed by atoms with van der Waals surface area (Å²) >= 11 is 11.8. The van der Waals surface area contributed by atoms with Crippen LogP contribution in [0.3, 0.4) is 0 Å².